The minimum absolute atomic E-state index is 0.138. The molecule has 0 saturated heterocycles. The number of carboxylic acids is 1. The summed E-state index contributed by atoms with van der Waals surface area (Å²) in [6, 6.07) is 24.0. The molecule has 5 rings (SSSR count). The van der Waals surface area contributed by atoms with E-state index in [0.717, 1.165) is 39.4 Å². The van der Waals surface area contributed by atoms with Crippen molar-refractivity contribution in [1.29, 1.82) is 0 Å². The Balaban J connectivity index is 1.49. The zero-order valence-corrected chi connectivity index (χ0v) is 20.9. The van der Waals surface area contributed by atoms with Gasteiger partial charge in [-0.1, -0.05) is 78.4 Å². The number of hydrogen-bond donors (Lipinski definition) is 1. The van der Waals surface area contributed by atoms with Crippen LogP contribution < -0.4 is 4.74 Å². The first-order chi connectivity index (χ1) is 18.0. The number of imidazole rings is 1. The molecule has 1 aromatic heterocycles. The van der Waals surface area contributed by atoms with Crippen molar-refractivity contribution in [2.75, 3.05) is 7.11 Å². The normalized spacial score (nSPS) is 14.9. The Morgan fingerprint density at radius 3 is 2.27 bits per heavy atom. The van der Waals surface area contributed by atoms with Gasteiger partial charge in [0.25, 0.3) is 0 Å². The summed E-state index contributed by atoms with van der Waals surface area (Å²) in [4.78, 5) is 32.6. The van der Waals surface area contributed by atoms with Crippen molar-refractivity contribution >= 4 is 11.9 Å². The molecule has 0 radical (unpaired) electrons. The molecule has 0 aliphatic carbocycles. The van der Waals surface area contributed by atoms with Gasteiger partial charge in [0, 0.05) is 17.7 Å². The number of ether oxygens (including phenoxy) is 1. The standard InChI is InChI=1S/C30H29N3O4/c1-20-13-14-27(37-2)23(15-20)17-32-19-31-24-18-33(26(30(35)36)16-25(24)32)29(34)28(21-9-5-3-6-10-21)22-11-7-4-8-12-22/h3-15,19,26,28H,16-18H2,1-2H3,(H,35,36)/t26-/m0/s1. The maximum atomic E-state index is 14.1. The largest absolute Gasteiger partial charge is 0.496 e. The second-order valence-corrected chi connectivity index (χ2v) is 9.36. The van der Waals surface area contributed by atoms with Crippen molar-refractivity contribution in [2.24, 2.45) is 0 Å². The predicted octanol–water partition coefficient (Wildman–Crippen LogP) is 4.42. The minimum atomic E-state index is -1.03. The molecule has 188 valence electrons. The van der Waals surface area contributed by atoms with E-state index in [1.807, 2.05) is 84.3 Å². The number of carboxylic acid groups (broad SMARTS) is 1. The third-order valence-electron chi connectivity index (χ3n) is 6.97. The summed E-state index contributed by atoms with van der Waals surface area (Å²) < 4.78 is 7.50. The van der Waals surface area contributed by atoms with Crippen LogP contribution in [0.25, 0.3) is 0 Å². The highest BCUT2D eigenvalue weighted by molar-refractivity contribution is 5.91. The Labute approximate surface area is 216 Å². The van der Waals surface area contributed by atoms with Gasteiger partial charge >= 0.3 is 5.97 Å². The molecule has 1 N–H and O–H groups in total. The maximum absolute atomic E-state index is 14.1. The summed E-state index contributed by atoms with van der Waals surface area (Å²) in [6.45, 7) is 2.66. The van der Waals surface area contributed by atoms with Gasteiger partial charge in [-0.2, -0.15) is 0 Å². The number of amides is 1. The average Bonchev–Trinajstić information content (AvgIpc) is 3.31. The van der Waals surface area contributed by atoms with Crippen LogP contribution in [0.4, 0.5) is 0 Å². The molecule has 2 heterocycles. The average molecular weight is 496 g/mol. The molecule has 0 spiro atoms. The summed E-state index contributed by atoms with van der Waals surface area (Å²) >= 11 is 0. The topological polar surface area (TPSA) is 84.7 Å². The Bertz CT molecular complexity index is 1380. The monoisotopic (exact) mass is 495 g/mol. The zero-order valence-electron chi connectivity index (χ0n) is 20.9. The van der Waals surface area contributed by atoms with Crippen LogP contribution in [0.2, 0.25) is 0 Å². The molecule has 1 atom stereocenters. The lowest BCUT2D eigenvalue weighted by molar-refractivity contribution is -0.151. The number of rotatable bonds is 7. The molecule has 7 heteroatoms. The van der Waals surface area contributed by atoms with Gasteiger partial charge in [0.2, 0.25) is 5.91 Å². The highest BCUT2D eigenvalue weighted by Gasteiger charge is 2.40. The van der Waals surface area contributed by atoms with Gasteiger partial charge in [-0.15, -0.1) is 0 Å². The molecule has 0 saturated carbocycles. The molecule has 4 aromatic rings. The molecule has 1 aliphatic rings. The second-order valence-electron chi connectivity index (χ2n) is 9.36. The third-order valence-corrected chi connectivity index (χ3v) is 6.97. The highest BCUT2D eigenvalue weighted by Crippen LogP contribution is 2.32. The molecule has 0 bridgehead atoms. The van der Waals surface area contributed by atoms with Crippen molar-refractivity contribution in [2.45, 2.75) is 38.4 Å². The smallest absolute Gasteiger partial charge is 0.326 e. The van der Waals surface area contributed by atoms with Crippen LogP contribution in [-0.4, -0.2) is 44.6 Å². The van der Waals surface area contributed by atoms with Gasteiger partial charge in [-0.3, -0.25) is 4.79 Å². The van der Waals surface area contributed by atoms with Gasteiger partial charge in [0.15, 0.2) is 0 Å². The van der Waals surface area contributed by atoms with E-state index < -0.39 is 17.9 Å². The number of aryl methyl sites for hydroxylation is 1. The quantitative estimate of drug-likeness (QED) is 0.410. The fraction of sp³-hybridized carbons (Fsp3) is 0.233. The van der Waals surface area contributed by atoms with Crippen molar-refractivity contribution in [1.82, 2.24) is 14.5 Å². The van der Waals surface area contributed by atoms with Crippen molar-refractivity contribution in [3.8, 4) is 5.75 Å². The Morgan fingerprint density at radius 1 is 1.03 bits per heavy atom. The SMILES string of the molecule is COc1ccc(C)cc1Cn1cnc2c1C[C@@H](C(=O)O)N(C(=O)C(c1ccccc1)c1ccccc1)C2. The van der Waals surface area contributed by atoms with E-state index in [4.69, 9.17) is 4.74 Å². The Hall–Kier alpha value is -4.39. The van der Waals surface area contributed by atoms with Crippen LogP contribution in [0, 0.1) is 6.92 Å². The van der Waals surface area contributed by atoms with Gasteiger partial charge < -0.3 is 19.3 Å². The Kier molecular flexibility index (Phi) is 6.77. The van der Waals surface area contributed by atoms with Crippen molar-refractivity contribution in [3.63, 3.8) is 0 Å². The first-order valence-electron chi connectivity index (χ1n) is 12.3. The van der Waals surface area contributed by atoms with E-state index in [2.05, 4.69) is 11.1 Å². The molecule has 0 unspecified atom stereocenters. The first kappa shape index (κ1) is 24.3. The third kappa shape index (κ3) is 4.85. The first-order valence-corrected chi connectivity index (χ1v) is 12.3. The number of carbonyl (C=O) groups excluding carboxylic acids is 1. The van der Waals surface area contributed by atoms with Crippen LogP contribution >= 0.6 is 0 Å². The molecule has 0 fully saturated rings. The Morgan fingerprint density at radius 2 is 1.68 bits per heavy atom. The summed E-state index contributed by atoms with van der Waals surface area (Å²) in [7, 11) is 1.64. The van der Waals surface area contributed by atoms with Crippen molar-refractivity contribution in [3.05, 3.63) is 119 Å². The number of aliphatic carboxylic acids is 1. The molecule has 37 heavy (non-hydrogen) atoms. The van der Waals surface area contributed by atoms with Crippen LogP contribution in [0.1, 0.15) is 39.6 Å². The van der Waals surface area contributed by atoms with E-state index in [1.54, 1.807) is 13.4 Å². The molecule has 1 amide bonds. The molecular weight excluding hydrogens is 466 g/mol. The number of fused-ring (bicyclic) bond motifs is 1. The number of hydrogen-bond acceptors (Lipinski definition) is 4. The lowest BCUT2D eigenvalue weighted by atomic mass is 9.88. The van der Waals surface area contributed by atoms with E-state index in [0.29, 0.717) is 6.54 Å². The highest BCUT2D eigenvalue weighted by atomic mass is 16.5. The van der Waals surface area contributed by atoms with Crippen LogP contribution in [-0.2, 0) is 29.1 Å². The van der Waals surface area contributed by atoms with Crippen LogP contribution in [0.3, 0.4) is 0 Å². The maximum Gasteiger partial charge on any atom is 0.326 e. The predicted molar refractivity (Wildman–Crippen MR) is 139 cm³/mol. The van der Waals surface area contributed by atoms with Crippen LogP contribution in [0.5, 0.6) is 5.75 Å². The van der Waals surface area contributed by atoms with E-state index in [9.17, 15) is 14.7 Å². The molecule has 3 aromatic carbocycles. The van der Waals surface area contributed by atoms with E-state index >= 15 is 0 Å². The summed E-state index contributed by atoms with van der Waals surface area (Å²) in [5, 5.41) is 10.2. The number of carbonyl (C=O) groups is 2. The fourth-order valence-electron chi connectivity index (χ4n) is 5.12. The number of aromatic nitrogens is 2. The second kappa shape index (κ2) is 10.3. The molecule has 7 nitrogen and oxygen atoms in total. The summed E-state index contributed by atoms with van der Waals surface area (Å²) in [5.41, 5.74) is 5.30. The van der Waals surface area contributed by atoms with E-state index in [-0.39, 0.29) is 18.9 Å². The molecule has 1 aliphatic heterocycles. The van der Waals surface area contributed by atoms with Crippen LogP contribution in [0.15, 0.2) is 85.2 Å². The molecular formula is C30H29N3O4. The van der Waals surface area contributed by atoms with Gasteiger partial charge in [0.05, 0.1) is 38.1 Å². The summed E-state index contributed by atoms with van der Waals surface area (Å²) in [5.74, 6) is -1.11. The number of methoxy groups -OCH3 is 1. The lowest BCUT2D eigenvalue weighted by Gasteiger charge is -2.35. The summed E-state index contributed by atoms with van der Waals surface area (Å²) in [6.07, 6.45) is 1.91. The minimum Gasteiger partial charge on any atom is -0.496 e. The fourth-order valence-corrected chi connectivity index (χ4v) is 5.12. The number of benzene rings is 3. The van der Waals surface area contributed by atoms with E-state index in [1.165, 1.54) is 4.90 Å². The zero-order chi connectivity index (χ0) is 25.9. The van der Waals surface area contributed by atoms with Gasteiger partial charge in [-0.25, -0.2) is 9.78 Å². The van der Waals surface area contributed by atoms with Gasteiger partial charge in [0.1, 0.15) is 11.8 Å². The van der Waals surface area contributed by atoms with Crippen molar-refractivity contribution < 1.29 is 19.4 Å². The van der Waals surface area contributed by atoms with Gasteiger partial charge in [-0.05, 0) is 24.1 Å². The number of nitrogens with zero attached hydrogens (tertiary/aromatic N) is 3. The lowest BCUT2D eigenvalue weighted by Crippen LogP contribution is -2.50.